The van der Waals surface area contributed by atoms with E-state index in [4.69, 9.17) is 4.99 Å². The number of aliphatic imine (C=N–C) groups is 1. The minimum atomic E-state index is 0.905. The summed E-state index contributed by atoms with van der Waals surface area (Å²) >= 11 is 0. The van der Waals surface area contributed by atoms with Crippen molar-refractivity contribution in [3.8, 4) is 0 Å². The van der Waals surface area contributed by atoms with Crippen molar-refractivity contribution in [2.45, 2.75) is 41.5 Å². The van der Waals surface area contributed by atoms with Crippen molar-refractivity contribution in [1.82, 2.24) is 4.98 Å². The largest absolute Gasteiger partial charge is 0.255 e. The first-order chi connectivity index (χ1) is 12.4. The van der Waals surface area contributed by atoms with Crippen LogP contribution < -0.4 is 0 Å². The van der Waals surface area contributed by atoms with Gasteiger partial charge in [0.15, 0.2) is 0 Å². The Hall–Kier alpha value is -2.74. The Morgan fingerprint density at radius 1 is 0.731 bits per heavy atom. The van der Waals surface area contributed by atoms with Crippen LogP contribution in [0.1, 0.15) is 44.6 Å². The molecule has 0 spiro atoms. The molecule has 0 bridgehead atoms. The fraction of sp³-hybridized carbons (Fsp3) is 0.250. The Labute approximate surface area is 156 Å². The third-order valence-corrected chi connectivity index (χ3v) is 4.68. The molecule has 0 radical (unpaired) electrons. The van der Waals surface area contributed by atoms with Gasteiger partial charge in [0, 0.05) is 11.8 Å². The van der Waals surface area contributed by atoms with Crippen LogP contribution in [-0.2, 0) is 0 Å². The molecule has 3 aromatic rings. The Morgan fingerprint density at radius 3 is 1.77 bits per heavy atom. The highest BCUT2D eigenvalue weighted by atomic mass is 14.8. The molecule has 1 heterocycles. The van der Waals surface area contributed by atoms with Gasteiger partial charge in [0.05, 0.1) is 17.1 Å². The summed E-state index contributed by atoms with van der Waals surface area (Å²) in [5.41, 5.74) is 11.4. The van der Waals surface area contributed by atoms with Gasteiger partial charge in [-0.25, -0.2) is 4.99 Å². The molecular weight excluding hydrogens is 316 g/mol. The third kappa shape index (κ3) is 3.60. The lowest BCUT2D eigenvalue weighted by Crippen LogP contribution is -2.10. The van der Waals surface area contributed by atoms with Gasteiger partial charge in [0.2, 0.25) is 0 Å². The lowest BCUT2D eigenvalue weighted by molar-refractivity contribution is 1.23. The van der Waals surface area contributed by atoms with Crippen LogP contribution >= 0.6 is 0 Å². The second-order valence-electron chi connectivity index (χ2n) is 7.20. The van der Waals surface area contributed by atoms with E-state index in [1.54, 1.807) is 0 Å². The van der Waals surface area contributed by atoms with Crippen molar-refractivity contribution in [3.63, 3.8) is 0 Å². The van der Waals surface area contributed by atoms with Gasteiger partial charge in [-0.3, -0.25) is 4.98 Å². The molecule has 0 unspecified atom stereocenters. The van der Waals surface area contributed by atoms with E-state index < -0.39 is 0 Å². The zero-order chi connectivity index (χ0) is 18.8. The maximum absolute atomic E-state index is 5.14. The molecule has 3 rings (SSSR count). The van der Waals surface area contributed by atoms with Crippen molar-refractivity contribution < 1.29 is 0 Å². The fourth-order valence-electron chi connectivity index (χ4n) is 3.76. The molecule has 0 saturated heterocycles. The number of nitrogens with zero attached hydrogens (tertiary/aromatic N) is 2. The molecule has 0 aliphatic rings. The van der Waals surface area contributed by atoms with Crippen LogP contribution in [0.2, 0.25) is 0 Å². The lowest BCUT2D eigenvalue weighted by atomic mass is 9.94. The second-order valence-corrected chi connectivity index (χ2v) is 7.20. The summed E-state index contributed by atoms with van der Waals surface area (Å²) in [4.78, 5) is 9.75. The summed E-state index contributed by atoms with van der Waals surface area (Å²) in [6.45, 7) is 12.8. The number of pyridine rings is 1. The third-order valence-electron chi connectivity index (χ3n) is 4.68. The maximum Gasteiger partial charge on any atom is 0.0971 e. The molecule has 0 N–H and O–H groups in total. The van der Waals surface area contributed by atoms with Gasteiger partial charge in [-0.2, -0.15) is 0 Å². The molecule has 0 saturated carbocycles. The Morgan fingerprint density at radius 2 is 1.27 bits per heavy atom. The first kappa shape index (κ1) is 18.1. The summed E-state index contributed by atoms with van der Waals surface area (Å²) < 4.78 is 0. The van der Waals surface area contributed by atoms with Gasteiger partial charge in [-0.15, -0.1) is 0 Å². The van der Waals surface area contributed by atoms with Crippen molar-refractivity contribution in [3.05, 3.63) is 93.3 Å². The molecule has 0 fully saturated rings. The van der Waals surface area contributed by atoms with Crippen molar-refractivity contribution in [2.75, 3.05) is 0 Å². The molecule has 0 aliphatic heterocycles. The highest BCUT2D eigenvalue weighted by Gasteiger charge is 2.16. The second kappa shape index (κ2) is 7.25. The first-order valence-corrected chi connectivity index (χ1v) is 9.03. The van der Waals surface area contributed by atoms with Crippen LogP contribution in [0.3, 0.4) is 0 Å². The highest BCUT2D eigenvalue weighted by Crippen LogP contribution is 2.29. The van der Waals surface area contributed by atoms with E-state index in [0.29, 0.717) is 0 Å². The molecule has 1 aromatic heterocycles. The molecule has 2 nitrogen and oxygen atoms in total. The number of aromatic nitrogens is 1. The number of aryl methyl sites for hydroxylation is 6. The Balaban J connectivity index is 2.31. The van der Waals surface area contributed by atoms with Crippen molar-refractivity contribution in [2.24, 2.45) is 4.99 Å². The summed E-state index contributed by atoms with van der Waals surface area (Å²) in [5, 5.41) is 0. The van der Waals surface area contributed by atoms with Gasteiger partial charge in [0.1, 0.15) is 0 Å². The molecule has 2 aromatic carbocycles. The van der Waals surface area contributed by atoms with Crippen LogP contribution in [-0.4, -0.2) is 10.7 Å². The summed E-state index contributed by atoms with van der Waals surface area (Å²) in [6, 6.07) is 14.8. The van der Waals surface area contributed by atoms with Gasteiger partial charge in [-0.1, -0.05) is 41.5 Å². The molecule has 0 amide bonds. The minimum Gasteiger partial charge on any atom is -0.255 e. The fourth-order valence-corrected chi connectivity index (χ4v) is 3.76. The van der Waals surface area contributed by atoms with Gasteiger partial charge < -0.3 is 0 Å². The SMILES string of the molecule is Cc1cc(C)c(N=C(c2ccccn2)c2c(C)cc(C)cc2C)c(C)c1. The van der Waals surface area contributed by atoms with Crippen molar-refractivity contribution >= 4 is 11.4 Å². The van der Waals surface area contributed by atoms with Gasteiger partial charge in [-0.05, 0) is 75.9 Å². The number of hydrogen-bond donors (Lipinski definition) is 0. The molecule has 0 atom stereocenters. The average molecular weight is 342 g/mol. The predicted octanol–water partition coefficient (Wildman–Crippen LogP) is 6.10. The average Bonchev–Trinajstić information content (AvgIpc) is 2.56. The summed E-state index contributed by atoms with van der Waals surface area (Å²) in [5.74, 6) is 0. The van der Waals surface area contributed by atoms with Crippen LogP contribution in [0.25, 0.3) is 0 Å². The zero-order valence-electron chi connectivity index (χ0n) is 16.5. The zero-order valence-corrected chi connectivity index (χ0v) is 16.5. The molecule has 132 valence electrons. The van der Waals surface area contributed by atoms with Crippen LogP contribution in [0.4, 0.5) is 5.69 Å². The molecule has 2 heteroatoms. The first-order valence-electron chi connectivity index (χ1n) is 9.03. The normalized spacial score (nSPS) is 11.7. The van der Waals surface area contributed by atoms with Gasteiger partial charge >= 0.3 is 0 Å². The van der Waals surface area contributed by atoms with E-state index >= 15 is 0 Å². The Kier molecular flexibility index (Phi) is 5.03. The molecular formula is C24H26N2. The van der Waals surface area contributed by atoms with Gasteiger partial charge in [0.25, 0.3) is 0 Å². The van der Waals surface area contributed by atoms with E-state index in [-0.39, 0.29) is 0 Å². The quantitative estimate of drug-likeness (QED) is 0.528. The molecule has 0 aliphatic carbocycles. The Bertz CT molecular complexity index is 936. The predicted molar refractivity (Wildman–Crippen MR) is 111 cm³/mol. The van der Waals surface area contributed by atoms with E-state index in [2.05, 4.69) is 70.8 Å². The van der Waals surface area contributed by atoms with Crippen molar-refractivity contribution in [1.29, 1.82) is 0 Å². The van der Waals surface area contributed by atoms with E-state index in [1.807, 2.05) is 24.4 Å². The standard InChI is InChI=1S/C24H26N2/c1-15-11-17(3)22(18(4)12-15)24(21-9-7-8-10-25-21)26-23-19(5)13-16(2)14-20(23)6/h7-14H,1-6H3. The topological polar surface area (TPSA) is 25.2 Å². The smallest absolute Gasteiger partial charge is 0.0971 e. The van der Waals surface area contributed by atoms with E-state index in [0.717, 1.165) is 17.1 Å². The van der Waals surface area contributed by atoms with Crippen LogP contribution in [0, 0.1) is 41.5 Å². The maximum atomic E-state index is 5.14. The number of benzene rings is 2. The minimum absolute atomic E-state index is 0.905. The number of hydrogen-bond acceptors (Lipinski definition) is 2. The van der Waals surface area contributed by atoms with Crippen LogP contribution in [0.15, 0.2) is 53.7 Å². The van der Waals surface area contributed by atoms with E-state index in [1.165, 1.54) is 38.9 Å². The monoisotopic (exact) mass is 342 g/mol. The van der Waals surface area contributed by atoms with Crippen LogP contribution in [0.5, 0.6) is 0 Å². The lowest BCUT2D eigenvalue weighted by Gasteiger charge is -2.16. The summed E-state index contributed by atoms with van der Waals surface area (Å²) in [6.07, 6.45) is 1.83. The van der Waals surface area contributed by atoms with E-state index in [9.17, 15) is 0 Å². The molecule has 26 heavy (non-hydrogen) atoms. The number of rotatable bonds is 3. The highest BCUT2D eigenvalue weighted by molar-refractivity contribution is 6.14. The summed E-state index contributed by atoms with van der Waals surface area (Å²) in [7, 11) is 0.